The van der Waals surface area contributed by atoms with Crippen molar-refractivity contribution in [1.82, 2.24) is 0 Å². The van der Waals surface area contributed by atoms with Crippen molar-refractivity contribution in [2.24, 2.45) is 0 Å². The normalized spacial score (nSPS) is 20.0. The summed E-state index contributed by atoms with van der Waals surface area (Å²) in [4.78, 5) is 11.7. The van der Waals surface area contributed by atoms with Crippen LogP contribution in [0.4, 0.5) is 0 Å². The van der Waals surface area contributed by atoms with Crippen LogP contribution in [0, 0.1) is 0 Å². The lowest BCUT2D eigenvalue weighted by atomic mass is 9.78. The second-order valence-corrected chi connectivity index (χ2v) is 6.23. The molecule has 20 heavy (non-hydrogen) atoms. The lowest BCUT2D eigenvalue weighted by Crippen LogP contribution is -2.41. The van der Waals surface area contributed by atoms with Gasteiger partial charge >= 0.3 is 13.1 Å². The summed E-state index contributed by atoms with van der Waals surface area (Å²) in [5, 5.41) is 0.345. The third-order valence-electron chi connectivity index (χ3n) is 3.92. The van der Waals surface area contributed by atoms with Gasteiger partial charge in [-0.05, 0) is 45.3 Å². The Morgan fingerprint density at radius 3 is 2.25 bits per heavy atom. The molecule has 0 aromatic heterocycles. The zero-order valence-corrected chi connectivity index (χ0v) is 13.1. The number of halogens is 1. The molecule has 4 nitrogen and oxygen atoms in total. The monoisotopic (exact) mass is 296 g/mol. The van der Waals surface area contributed by atoms with Gasteiger partial charge < -0.3 is 14.0 Å². The number of benzene rings is 1. The summed E-state index contributed by atoms with van der Waals surface area (Å²) in [6, 6.07) is 5.08. The lowest BCUT2D eigenvalue weighted by Gasteiger charge is -2.32. The molecule has 0 radical (unpaired) electrons. The minimum atomic E-state index is -0.527. The van der Waals surface area contributed by atoms with Gasteiger partial charge in [0.1, 0.15) is 0 Å². The van der Waals surface area contributed by atoms with Gasteiger partial charge in [-0.3, -0.25) is 0 Å². The van der Waals surface area contributed by atoms with Crippen molar-refractivity contribution in [2.45, 2.75) is 38.9 Å². The van der Waals surface area contributed by atoms with Crippen molar-refractivity contribution in [3.8, 4) is 0 Å². The second-order valence-electron chi connectivity index (χ2n) is 5.82. The first-order chi connectivity index (χ1) is 9.18. The lowest BCUT2D eigenvalue weighted by molar-refractivity contribution is 0.00578. The Bertz CT molecular complexity index is 526. The smallest absolute Gasteiger partial charge is 0.465 e. The number of carbonyl (C=O) groups is 1. The van der Waals surface area contributed by atoms with Crippen molar-refractivity contribution in [2.75, 3.05) is 7.11 Å². The van der Waals surface area contributed by atoms with Gasteiger partial charge in [0.2, 0.25) is 0 Å². The molecule has 0 N–H and O–H groups in total. The predicted molar refractivity (Wildman–Crippen MR) is 78.5 cm³/mol. The van der Waals surface area contributed by atoms with Crippen LogP contribution in [0.1, 0.15) is 38.1 Å². The number of carbonyl (C=O) groups excluding carboxylic acids is 1. The molecular formula is C14H18BClO4. The molecular weight excluding hydrogens is 278 g/mol. The summed E-state index contributed by atoms with van der Waals surface area (Å²) in [7, 11) is 0.792. The number of ether oxygens (including phenoxy) is 1. The maximum absolute atomic E-state index is 11.7. The van der Waals surface area contributed by atoms with Crippen LogP contribution >= 0.6 is 11.6 Å². The first kappa shape index (κ1) is 15.4. The summed E-state index contributed by atoms with van der Waals surface area (Å²) in [6.45, 7) is 7.91. The highest BCUT2D eigenvalue weighted by Gasteiger charge is 2.51. The van der Waals surface area contributed by atoms with E-state index >= 15 is 0 Å². The zero-order chi connectivity index (χ0) is 15.1. The first-order valence-electron chi connectivity index (χ1n) is 6.41. The molecule has 1 aliphatic heterocycles. The Balaban J connectivity index is 2.34. The van der Waals surface area contributed by atoms with Crippen LogP contribution < -0.4 is 5.46 Å². The number of rotatable bonds is 2. The van der Waals surface area contributed by atoms with E-state index in [1.165, 1.54) is 7.11 Å². The van der Waals surface area contributed by atoms with E-state index < -0.39 is 24.3 Å². The molecule has 1 aromatic rings. The SMILES string of the molecule is COC(=O)c1cc(B2OC(C)(C)C(C)(C)O2)ccc1Cl. The largest absolute Gasteiger partial charge is 0.494 e. The van der Waals surface area contributed by atoms with Crippen LogP contribution in [-0.2, 0) is 14.0 Å². The number of esters is 1. The Morgan fingerprint density at radius 2 is 1.75 bits per heavy atom. The van der Waals surface area contributed by atoms with E-state index in [4.69, 9.17) is 25.6 Å². The highest BCUT2D eigenvalue weighted by molar-refractivity contribution is 6.62. The summed E-state index contributed by atoms with van der Waals surface area (Å²) >= 11 is 6.01. The molecule has 0 atom stereocenters. The van der Waals surface area contributed by atoms with Gasteiger partial charge in [-0.15, -0.1) is 0 Å². The fourth-order valence-corrected chi connectivity index (χ4v) is 2.13. The number of methoxy groups -OCH3 is 1. The molecule has 0 amide bonds. The van der Waals surface area contributed by atoms with Gasteiger partial charge in [0.05, 0.1) is 28.9 Å². The van der Waals surface area contributed by atoms with E-state index in [1.54, 1.807) is 18.2 Å². The maximum Gasteiger partial charge on any atom is 0.494 e. The van der Waals surface area contributed by atoms with Crippen LogP contribution in [0.15, 0.2) is 18.2 Å². The minimum Gasteiger partial charge on any atom is -0.465 e. The molecule has 1 aromatic carbocycles. The molecule has 0 unspecified atom stereocenters. The highest BCUT2D eigenvalue weighted by Crippen LogP contribution is 2.36. The number of hydrogen-bond donors (Lipinski definition) is 0. The molecule has 1 heterocycles. The molecule has 1 fully saturated rings. The standard InChI is InChI=1S/C14H18BClO4/c1-13(2)14(3,4)20-15(19-13)9-6-7-11(16)10(8-9)12(17)18-5/h6-8H,1-5H3. The third-order valence-corrected chi connectivity index (χ3v) is 4.25. The van der Waals surface area contributed by atoms with E-state index in [2.05, 4.69) is 0 Å². The van der Waals surface area contributed by atoms with Crippen LogP contribution in [0.2, 0.25) is 5.02 Å². The van der Waals surface area contributed by atoms with Gasteiger partial charge in [-0.25, -0.2) is 4.79 Å². The van der Waals surface area contributed by atoms with E-state index in [0.717, 1.165) is 5.46 Å². The van der Waals surface area contributed by atoms with Crippen molar-refractivity contribution in [1.29, 1.82) is 0 Å². The van der Waals surface area contributed by atoms with E-state index in [9.17, 15) is 4.79 Å². The fourth-order valence-electron chi connectivity index (χ4n) is 1.94. The molecule has 0 spiro atoms. The van der Waals surface area contributed by atoms with E-state index in [0.29, 0.717) is 10.6 Å². The van der Waals surface area contributed by atoms with Crippen LogP contribution in [0.3, 0.4) is 0 Å². The highest BCUT2D eigenvalue weighted by atomic mass is 35.5. The van der Waals surface area contributed by atoms with Crippen LogP contribution in [-0.4, -0.2) is 31.4 Å². The zero-order valence-electron chi connectivity index (χ0n) is 12.3. The van der Waals surface area contributed by atoms with Crippen molar-refractivity contribution in [3.05, 3.63) is 28.8 Å². The summed E-state index contributed by atoms with van der Waals surface area (Å²) in [6.07, 6.45) is 0. The van der Waals surface area contributed by atoms with Gasteiger partial charge in [-0.1, -0.05) is 17.7 Å². The Kier molecular flexibility index (Phi) is 3.89. The van der Waals surface area contributed by atoms with Crippen LogP contribution in [0.5, 0.6) is 0 Å². The molecule has 2 rings (SSSR count). The number of hydrogen-bond acceptors (Lipinski definition) is 4. The Labute approximate surface area is 124 Å². The van der Waals surface area contributed by atoms with Gasteiger partial charge in [0.15, 0.2) is 0 Å². The van der Waals surface area contributed by atoms with E-state index in [-0.39, 0.29) is 0 Å². The average Bonchev–Trinajstić information content (AvgIpc) is 2.58. The molecule has 6 heteroatoms. The molecule has 108 valence electrons. The quantitative estimate of drug-likeness (QED) is 0.621. The van der Waals surface area contributed by atoms with Crippen LogP contribution in [0.25, 0.3) is 0 Å². The Morgan fingerprint density at radius 1 is 1.20 bits per heavy atom. The molecule has 1 aliphatic rings. The maximum atomic E-state index is 11.7. The van der Waals surface area contributed by atoms with Gasteiger partial charge in [-0.2, -0.15) is 0 Å². The summed E-state index contributed by atoms with van der Waals surface area (Å²) in [5.41, 5.74) is 0.195. The predicted octanol–water partition coefficient (Wildman–Crippen LogP) is 2.43. The average molecular weight is 297 g/mol. The molecule has 0 aliphatic carbocycles. The third kappa shape index (κ3) is 2.58. The minimum absolute atomic E-state index is 0.307. The van der Waals surface area contributed by atoms with E-state index in [1.807, 2.05) is 27.7 Å². The Hall–Kier alpha value is -1.04. The topological polar surface area (TPSA) is 44.8 Å². The molecule has 0 saturated carbocycles. The fraction of sp³-hybridized carbons (Fsp3) is 0.500. The second kappa shape index (κ2) is 5.06. The molecule has 1 saturated heterocycles. The van der Waals surface area contributed by atoms with Crippen molar-refractivity contribution < 1.29 is 18.8 Å². The van der Waals surface area contributed by atoms with Gasteiger partial charge in [0.25, 0.3) is 0 Å². The van der Waals surface area contributed by atoms with Crippen molar-refractivity contribution in [3.63, 3.8) is 0 Å². The summed E-state index contributed by atoms with van der Waals surface area (Å²) < 4.78 is 16.6. The first-order valence-corrected chi connectivity index (χ1v) is 6.79. The molecule has 0 bridgehead atoms. The summed E-state index contributed by atoms with van der Waals surface area (Å²) in [5.74, 6) is -0.478. The van der Waals surface area contributed by atoms with Crippen molar-refractivity contribution >= 4 is 30.2 Å². The van der Waals surface area contributed by atoms with Gasteiger partial charge in [0, 0.05) is 0 Å².